The van der Waals surface area contributed by atoms with Crippen molar-refractivity contribution in [2.45, 2.75) is 19.1 Å². The van der Waals surface area contributed by atoms with Crippen LogP contribution in [0.4, 0.5) is 5.13 Å². The molecule has 0 fully saturated rings. The first-order valence-corrected chi connectivity index (χ1v) is 8.47. The van der Waals surface area contributed by atoms with Gasteiger partial charge in [0.2, 0.25) is 11.0 Å². The summed E-state index contributed by atoms with van der Waals surface area (Å²) in [5, 5.41) is 12.8. The van der Waals surface area contributed by atoms with E-state index in [1.165, 1.54) is 23.1 Å². The predicted molar refractivity (Wildman–Crippen MR) is 85.5 cm³/mol. The maximum atomic E-state index is 11.8. The van der Waals surface area contributed by atoms with E-state index in [4.69, 9.17) is 11.6 Å². The molecule has 0 saturated carbocycles. The van der Waals surface area contributed by atoms with E-state index in [2.05, 4.69) is 15.5 Å². The van der Waals surface area contributed by atoms with E-state index in [1.54, 1.807) is 0 Å². The first-order chi connectivity index (χ1) is 9.69. The Bertz CT molecular complexity index is 589. The zero-order chi connectivity index (χ0) is 14.4. The average Bonchev–Trinajstić information content (AvgIpc) is 2.88. The molecule has 0 spiro atoms. The lowest BCUT2D eigenvalue weighted by molar-refractivity contribution is -0.113. The van der Waals surface area contributed by atoms with Gasteiger partial charge in [-0.15, -0.1) is 22.0 Å². The molecule has 2 aromatic rings. The minimum atomic E-state index is -0.0687. The zero-order valence-corrected chi connectivity index (χ0v) is 13.3. The molecule has 0 bridgehead atoms. The van der Waals surface area contributed by atoms with Gasteiger partial charge in [-0.05, 0) is 18.1 Å². The molecule has 1 aromatic heterocycles. The van der Waals surface area contributed by atoms with Crippen molar-refractivity contribution in [2.24, 2.45) is 0 Å². The van der Waals surface area contributed by atoms with Crippen LogP contribution in [0.15, 0.2) is 24.3 Å². The van der Waals surface area contributed by atoms with Crippen LogP contribution in [0, 0.1) is 0 Å². The van der Waals surface area contributed by atoms with Gasteiger partial charge in [-0.1, -0.05) is 48.1 Å². The lowest BCUT2D eigenvalue weighted by atomic mass is 10.2. The van der Waals surface area contributed by atoms with Crippen molar-refractivity contribution < 1.29 is 4.79 Å². The number of aryl methyl sites for hydroxylation is 1. The number of carbonyl (C=O) groups is 1. The maximum absolute atomic E-state index is 11.8. The Hall–Kier alpha value is -1.11. The molecule has 1 heterocycles. The van der Waals surface area contributed by atoms with Crippen molar-refractivity contribution in [2.75, 3.05) is 11.1 Å². The molecule has 2 rings (SSSR count). The minimum absolute atomic E-state index is 0.0687. The largest absolute Gasteiger partial charge is 0.300 e. The molecule has 0 aliphatic rings. The molecule has 1 aromatic carbocycles. The maximum Gasteiger partial charge on any atom is 0.236 e. The summed E-state index contributed by atoms with van der Waals surface area (Å²) in [5.74, 6) is 1.01. The Morgan fingerprint density at radius 1 is 1.40 bits per heavy atom. The minimum Gasteiger partial charge on any atom is -0.300 e. The predicted octanol–water partition coefficient (Wildman–Crippen LogP) is 3.63. The third-order valence-electron chi connectivity index (χ3n) is 2.46. The molecule has 0 atom stereocenters. The number of carbonyl (C=O) groups excluding carboxylic acids is 1. The number of halogens is 1. The van der Waals surface area contributed by atoms with E-state index in [0.717, 1.165) is 22.0 Å². The normalized spacial score (nSPS) is 10.5. The number of nitrogens with zero attached hydrogens (tertiary/aromatic N) is 2. The number of aromatic nitrogens is 2. The lowest BCUT2D eigenvalue weighted by Gasteiger charge is -2.03. The zero-order valence-electron chi connectivity index (χ0n) is 10.9. The van der Waals surface area contributed by atoms with Gasteiger partial charge in [0.25, 0.3) is 0 Å². The summed E-state index contributed by atoms with van der Waals surface area (Å²) in [4.78, 5) is 11.8. The summed E-state index contributed by atoms with van der Waals surface area (Å²) in [5.41, 5.74) is 1.04. The molecule has 0 aliphatic heterocycles. The molecule has 0 saturated heterocycles. The van der Waals surface area contributed by atoms with Gasteiger partial charge in [-0.2, -0.15) is 0 Å². The summed E-state index contributed by atoms with van der Waals surface area (Å²) in [7, 11) is 0. The van der Waals surface area contributed by atoms with Crippen LogP contribution >= 0.6 is 34.7 Å². The van der Waals surface area contributed by atoms with Gasteiger partial charge < -0.3 is 0 Å². The molecular weight excluding hydrogens is 314 g/mol. The first-order valence-electron chi connectivity index (χ1n) is 6.12. The van der Waals surface area contributed by atoms with E-state index in [-0.39, 0.29) is 5.91 Å². The molecule has 0 radical (unpaired) electrons. The number of benzene rings is 1. The molecule has 1 amide bonds. The SMILES string of the molecule is CCc1nnc(NC(=O)CSCc2ccccc2Cl)s1. The Morgan fingerprint density at radius 3 is 2.90 bits per heavy atom. The summed E-state index contributed by atoms with van der Waals surface area (Å²) in [6, 6.07) is 7.65. The van der Waals surface area contributed by atoms with Gasteiger partial charge in [0.1, 0.15) is 5.01 Å². The number of thioether (sulfide) groups is 1. The van der Waals surface area contributed by atoms with Crippen LogP contribution in [0.3, 0.4) is 0 Å². The van der Waals surface area contributed by atoms with E-state index in [1.807, 2.05) is 31.2 Å². The second kappa shape index (κ2) is 7.61. The van der Waals surface area contributed by atoms with Crippen LogP contribution in [-0.4, -0.2) is 21.9 Å². The van der Waals surface area contributed by atoms with Crippen LogP contribution in [-0.2, 0) is 17.0 Å². The molecule has 4 nitrogen and oxygen atoms in total. The van der Waals surface area contributed by atoms with Crippen molar-refractivity contribution in [3.63, 3.8) is 0 Å². The van der Waals surface area contributed by atoms with Crippen LogP contribution in [0.2, 0.25) is 5.02 Å². The van der Waals surface area contributed by atoms with Gasteiger partial charge in [0.05, 0.1) is 5.75 Å². The van der Waals surface area contributed by atoms with Gasteiger partial charge in [-0.25, -0.2) is 0 Å². The Kier molecular flexibility index (Phi) is 5.82. The Balaban J connectivity index is 1.77. The van der Waals surface area contributed by atoms with Crippen LogP contribution in [0.25, 0.3) is 0 Å². The van der Waals surface area contributed by atoms with E-state index >= 15 is 0 Å². The monoisotopic (exact) mass is 327 g/mol. The van der Waals surface area contributed by atoms with E-state index < -0.39 is 0 Å². The van der Waals surface area contributed by atoms with E-state index in [9.17, 15) is 4.79 Å². The number of hydrogen-bond acceptors (Lipinski definition) is 5. The van der Waals surface area contributed by atoms with Crippen molar-refractivity contribution in [3.8, 4) is 0 Å². The van der Waals surface area contributed by atoms with Crippen molar-refractivity contribution >= 4 is 45.7 Å². The van der Waals surface area contributed by atoms with Crippen LogP contribution in [0.5, 0.6) is 0 Å². The number of anilines is 1. The van der Waals surface area contributed by atoms with Crippen LogP contribution in [0.1, 0.15) is 17.5 Å². The second-order valence-corrected chi connectivity index (χ2v) is 6.44. The van der Waals surface area contributed by atoms with Crippen molar-refractivity contribution in [3.05, 3.63) is 39.9 Å². The highest BCUT2D eigenvalue weighted by atomic mass is 35.5. The Labute approximate surface area is 130 Å². The van der Waals surface area contributed by atoms with Crippen molar-refractivity contribution in [1.29, 1.82) is 0 Å². The average molecular weight is 328 g/mol. The molecule has 106 valence electrons. The third kappa shape index (κ3) is 4.47. The van der Waals surface area contributed by atoms with E-state index in [0.29, 0.717) is 16.6 Å². The lowest BCUT2D eigenvalue weighted by Crippen LogP contribution is -2.14. The molecule has 20 heavy (non-hydrogen) atoms. The fourth-order valence-electron chi connectivity index (χ4n) is 1.47. The standard InChI is InChI=1S/C13H14ClN3OS2/c1-2-12-16-17-13(20-12)15-11(18)8-19-7-9-5-3-4-6-10(9)14/h3-6H,2,7-8H2,1H3,(H,15,17,18). The summed E-state index contributed by atoms with van der Waals surface area (Å²) < 4.78 is 0. The summed E-state index contributed by atoms with van der Waals surface area (Å²) in [6.07, 6.45) is 0.828. The number of rotatable bonds is 6. The number of amides is 1. The highest BCUT2D eigenvalue weighted by Crippen LogP contribution is 2.21. The highest BCUT2D eigenvalue weighted by Gasteiger charge is 2.08. The third-order valence-corrected chi connectivity index (χ3v) is 4.80. The highest BCUT2D eigenvalue weighted by molar-refractivity contribution is 7.99. The summed E-state index contributed by atoms with van der Waals surface area (Å²) in [6.45, 7) is 2.01. The second-order valence-electron chi connectivity index (χ2n) is 3.99. The topological polar surface area (TPSA) is 54.9 Å². The fraction of sp³-hybridized carbons (Fsp3) is 0.308. The van der Waals surface area contributed by atoms with Crippen molar-refractivity contribution in [1.82, 2.24) is 10.2 Å². The van der Waals surface area contributed by atoms with Gasteiger partial charge in [-0.3, -0.25) is 10.1 Å². The summed E-state index contributed by atoms with van der Waals surface area (Å²) >= 11 is 8.99. The quantitative estimate of drug-likeness (QED) is 0.880. The van der Waals surface area contributed by atoms with Crippen LogP contribution < -0.4 is 5.32 Å². The van der Waals surface area contributed by atoms with Gasteiger partial charge >= 0.3 is 0 Å². The first kappa shape index (κ1) is 15.3. The number of hydrogen-bond donors (Lipinski definition) is 1. The van der Waals surface area contributed by atoms with Gasteiger partial charge in [0.15, 0.2) is 0 Å². The number of nitrogens with one attached hydrogen (secondary N) is 1. The van der Waals surface area contributed by atoms with Gasteiger partial charge in [0, 0.05) is 10.8 Å². The fourth-order valence-corrected chi connectivity index (χ4v) is 3.28. The Morgan fingerprint density at radius 2 is 2.20 bits per heavy atom. The molecule has 0 unspecified atom stereocenters. The smallest absolute Gasteiger partial charge is 0.236 e. The molecule has 1 N–H and O–H groups in total. The molecule has 7 heteroatoms. The molecular formula is C13H14ClN3OS2. The molecule has 0 aliphatic carbocycles.